The molecule has 0 saturated carbocycles. The number of ether oxygens (including phenoxy) is 2. The van der Waals surface area contributed by atoms with Crippen molar-refractivity contribution in [3.63, 3.8) is 0 Å². The van der Waals surface area contributed by atoms with Crippen LogP contribution in [-0.4, -0.2) is 47.3 Å². The summed E-state index contributed by atoms with van der Waals surface area (Å²) in [6.07, 6.45) is 2.26. The van der Waals surface area contributed by atoms with Crippen LogP contribution in [0.5, 0.6) is 11.5 Å². The fraction of sp³-hybridized carbons (Fsp3) is 0.529. The van der Waals surface area contributed by atoms with E-state index in [1.165, 1.54) is 0 Å². The van der Waals surface area contributed by atoms with Crippen LogP contribution >= 0.6 is 24.2 Å². The lowest BCUT2D eigenvalue weighted by atomic mass is 9.97. The van der Waals surface area contributed by atoms with Crippen LogP contribution in [0.15, 0.2) is 29.4 Å². The molecule has 1 N–H and O–H groups in total. The summed E-state index contributed by atoms with van der Waals surface area (Å²) in [7, 11) is 3.71. The average molecular weight is 385 g/mol. The Morgan fingerprint density at radius 2 is 1.92 bits per heavy atom. The van der Waals surface area contributed by atoms with Crippen LogP contribution in [0.1, 0.15) is 24.6 Å². The number of piperidine rings is 1. The SMILES string of the molecule is COc1ccccc1OCCSc1nnc(C2CCNCC2)n1C.Cl. The minimum absolute atomic E-state index is 0. The molecule has 0 amide bonds. The van der Waals surface area contributed by atoms with Gasteiger partial charge >= 0.3 is 0 Å². The summed E-state index contributed by atoms with van der Waals surface area (Å²) in [4.78, 5) is 0. The summed E-state index contributed by atoms with van der Waals surface area (Å²) in [6, 6.07) is 7.69. The molecule has 0 unspecified atom stereocenters. The molecule has 138 valence electrons. The summed E-state index contributed by atoms with van der Waals surface area (Å²) in [5, 5.41) is 13.1. The van der Waals surface area contributed by atoms with E-state index in [9.17, 15) is 0 Å². The van der Waals surface area contributed by atoms with Crippen LogP contribution in [0.2, 0.25) is 0 Å². The van der Waals surface area contributed by atoms with Crippen LogP contribution in [0.3, 0.4) is 0 Å². The van der Waals surface area contributed by atoms with E-state index in [2.05, 4.69) is 27.1 Å². The Balaban J connectivity index is 0.00000225. The molecule has 0 atom stereocenters. The zero-order chi connectivity index (χ0) is 16.8. The highest BCUT2D eigenvalue weighted by atomic mass is 35.5. The summed E-state index contributed by atoms with van der Waals surface area (Å²) >= 11 is 1.67. The molecule has 1 aliphatic rings. The van der Waals surface area contributed by atoms with Gasteiger partial charge in [0.25, 0.3) is 0 Å². The molecule has 0 bridgehead atoms. The van der Waals surface area contributed by atoms with Gasteiger partial charge in [-0.2, -0.15) is 0 Å². The monoisotopic (exact) mass is 384 g/mol. The van der Waals surface area contributed by atoms with E-state index in [0.717, 1.165) is 54.2 Å². The largest absolute Gasteiger partial charge is 0.493 e. The number of rotatable bonds is 7. The summed E-state index contributed by atoms with van der Waals surface area (Å²) in [5.74, 6) is 3.96. The van der Waals surface area contributed by atoms with Gasteiger partial charge in [0.1, 0.15) is 5.82 Å². The third-order valence-electron chi connectivity index (χ3n) is 4.21. The molecule has 0 aliphatic carbocycles. The molecule has 1 saturated heterocycles. The molecular weight excluding hydrogens is 360 g/mol. The molecule has 1 fully saturated rings. The zero-order valence-electron chi connectivity index (χ0n) is 14.6. The van der Waals surface area contributed by atoms with Crippen LogP contribution in [0, 0.1) is 0 Å². The van der Waals surface area contributed by atoms with Crippen molar-refractivity contribution in [1.82, 2.24) is 20.1 Å². The van der Waals surface area contributed by atoms with Crippen molar-refractivity contribution in [1.29, 1.82) is 0 Å². The number of halogens is 1. The second-order valence-corrected chi connectivity index (χ2v) is 6.83. The molecule has 6 nitrogen and oxygen atoms in total. The minimum atomic E-state index is 0. The molecule has 25 heavy (non-hydrogen) atoms. The summed E-state index contributed by atoms with van der Waals surface area (Å²) in [6.45, 7) is 2.72. The molecule has 0 radical (unpaired) electrons. The van der Waals surface area contributed by atoms with Crippen molar-refractivity contribution < 1.29 is 9.47 Å². The third kappa shape index (κ3) is 5.03. The fourth-order valence-electron chi connectivity index (χ4n) is 2.91. The number of hydrogen-bond donors (Lipinski definition) is 1. The van der Waals surface area contributed by atoms with Gasteiger partial charge < -0.3 is 19.4 Å². The molecular formula is C17H25ClN4O2S. The van der Waals surface area contributed by atoms with E-state index < -0.39 is 0 Å². The Labute approximate surface area is 159 Å². The van der Waals surface area contributed by atoms with Gasteiger partial charge in [-0.15, -0.1) is 22.6 Å². The van der Waals surface area contributed by atoms with E-state index in [1.54, 1.807) is 18.9 Å². The molecule has 1 aromatic heterocycles. The Bertz CT molecular complexity index is 662. The van der Waals surface area contributed by atoms with Gasteiger partial charge in [-0.3, -0.25) is 0 Å². The van der Waals surface area contributed by atoms with Gasteiger partial charge in [0.05, 0.1) is 13.7 Å². The van der Waals surface area contributed by atoms with E-state index >= 15 is 0 Å². The number of hydrogen-bond acceptors (Lipinski definition) is 6. The quantitative estimate of drug-likeness (QED) is 0.585. The summed E-state index contributed by atoms with van der Waals surface area (Å²) < 4.78 is 13.2. The first-order valence-corrected chi connectivity index (χ1v) is 9.26. The molecule has 3 rings (SSSR count). The zero-order valence-corrected chi connectivity index (χ0v) is 16.2. The van der Waals surface area contributed by atoms with Gasteiger partial charge in [0.15, 0.2) is 16.7 Å². The molecule has 1 aromatic carbocycles. The smallest absolute Gasteiger partial charge is 0.191 e. The van der Waals surface area contributed by atoms with Crippen LogP contribution in [-0.2, 0) is 7.05 Å². The Kier molecular flexibility index (Phi) is 7.87. The topological polar surface area (TPSA) is 61.2 Å². The lowest BCUT2D eigenvalue weighted by Gasteiger charge is -2.21. The molecule has 2 aromatic rings. The number of aromatic nitrogens is 3. The number of nitrogens with zero attached hydrogens (tertiary/aromatic N) is 3. The van der Waals surface area contributed by atoms with E-state index in [1.807, 2.05) is 24.3 Å². The molecule has 0 spiro atoms. The third-order valence-corrected chi connectivity index (χ3v) is 5.20. The number of benzene rings is 1. The van der Waals surface area contributed by atoms with E-state index in [-0.39, 0.29) is 12.4 Å². The highest BCUT2D eigenvalue weighted by Gasteiger charge is 2.21. The van der Waals surface area contributed by atoms with Crippen molar-refractivity contribution in [2.24, 2.45) is 7.05 Å². The van der Waals surface area contributed by atoms with Gasteiger partial charge in [0.2, 0.25) is 0 Å². The Morgan fingerprint density at radius 3 is 2.64 bits per heavy atom. The van der Waals surface area contributed by atoms with Crippen LogP contribution < -0.4 is 14.8 Å². The average Bonchev–Trinajstić information content (AvgIpc) is 3.00. The van der Waals surface area contributed by atoms with Gasteiger partial charge in [0, 0.05) is 18.7 Å². The second-order valence-electron chi connectivity index (χ2n) is 5.77. The first-order valence-electron chi connectivity index (χ1n) is 8.28. The predicted molar refractivity (Wildman–Crippen MR) is 102 cm³/mol. The first kappa shape index (κ1) is 19.9. The van der Waals surface area contributed by atoms with Gasteiger partial charge in [-0.25, -0.2) is 0 Å². The van der Waals surface area contributed by atoms with Crippen molar-refractivity contribution >= 4 is 24.2 Å². The number of nitrogens with one attached hydrogen (secondary N) is 1. The first-order chi connectivity index (χ1) is 11.8. The number of thioether (sulfide) groups is 1. The molecule has 2 heterocycles. The number of para-hydroxylation sites is 2. The van der Waals surface area contributed by atoms with Crippen molar-refractivity contribution in [3.8, 4) is 11.5 Å². The molecule has 8 heteroatoms. The highest BCUT2D eigenvalue weighted by molar-refractivity contribution is 7.99. The van der Waals surface area contributed by atoms with Crippen molar-refractivity contribution in [3.05, 3.63) is 30.1 Å². The predicted octanol–water partition coefficient (Wildman–Crippen LogP) is 2.88. The number of methoxy groups -OCH3 is 1. The normalized spacial score (nSPS) is 14.8. The van der Waals surface area contributed by atoms with E-state index in [4.69, 9.17) is 9.47 Å². The maximum absolute atomic E-state index is 5.80. The molecule has 1 aliphatic heterocycles. The van der Waals surface area contributed by atoms with Crippen molar-refractivity contribution in [2.75, 3.05) is 32.6 Å². The lowest BCUT2D eigenvalue weighted by Crippen LogP contribution is -2.27. The Hall–Kier alpha value is -1.44. The van der Waals surface area contributed by atoms with Crippen LogP contribution in [0.4, 0.5) is 0 Å². The van der Waals surface area contributed by atoms with Gasteiger partial charge in [-0.1, -0.05) is 23.9 Å². The fourth-order valence-corrected chi connectivity index (χ4v) is 3.65. The standard InChI is InChI=1S/C17H24N4O2S.ClH/c1-21-16(13-7-9-18-10-8-13)19-20-17(21)24-12-11-23-15-6-4-3-5-14(15)22-2;/h3-6,13,18H,7-12H2,1-2H3;1H. The van der Waals surface area contributed by atoms with Gasteiger partial charge in [-0.05, 0) is 38.1 Å². The Morgan fingerprint density at radius 1 is 1.20 bits per heavy atom. The van der Waals surface area contributed by atoms with E-state index in [0.29, 0.717) is 12.5 Å². The maximum Gasteiger partial charge on any atom is 0.191 e. The van der Waals surface area contributed by atoms with Crippen LogP contribution in [0.25, 0.3) is 0 Å². The lowest BCUT2D eigenvalue weighted by molar-refractivity contribution is 0.313. The highest BCUT2D eigenvalue weighted by Crippen LogP contribution is 2.28. The summed E-state index contributed by atoms with van der Waals surface area (Å²) in [5.41, 5.74) is 0. The van der Waals surface area contributed by atoms with Crippen molar-refractivity contribution in [2.45, 2.75) is 23.9 Å². The maximum atomic E-state index is 5.80. The second kappa shape index (κ2) is 9.89. The minimum Gasteiger partial charge on any atom is -0.493 e.